The van der Waals surface area contributed by atoms with E-state index in [2.05, 4.69) is 6.58 Å². The monoisotopic (exact) mass is 209 g/mol. The summed E-state index contributed by atoms with van der Waals surface area (Å²) >= 11 is 0.537. The zero-order valence-corrected chi connectivity index (χ0v) is 7.28. The second-order valence-corrected chi connectivity index (χ2v) is 3.10. The predicted octanol–water partition coefficient (Wildman–Crippen LogP) is 2.11. The molecule has 1 aromatic rings. The standard InChI is InChI=1S/C7H6F3NOS/c1-2-3-11-5(7(8,9)10)4-13-6(11)12/h2,4H,1,3H2. The van der Waals surface area contributed by atoms with Gasteiger partial charge in [0.05, 0.1) is 0 Å². The molecule has 0 N–H and O–H groups in total. The molecule has 0 fully saturated rings. The average Bonchev–Trinajstić information content (AvgIpc) is 2.32. The normalized spacial score (nSPS) is 11.6. The van der Waals surface area contributed by atoms with Gasteiger partial charge in [-0.05, 0) is 0 Å². The van der Waals surface area contributed by atoms with E-state index in [1.165, 1.54) is 6.08 Å². The van der Waals surface area contributed by atoms with Crippen LogP contribution in [0.1, 0.15) is 5.69 Å². The molecule has 1 aromatic heterocycles. The van der Waals surface area contributed by atoms with Gasteiger partial charge in [0.15, 0.2) is 0 Å². The molecule has 72 valence electrons. The zero-order valence-electron chi connectivity index (χ0n) is 6.47. The van der Waals surface area contributed by atoms with Gasteiger partial charge < -0.3 is 0 Å². The average molecular weight is 209 g/mol. The Bertz CT molecular complexity index is 363. The smallest absolute Gasteiger partial charge is 0.291 e. The van der Waals surface area contributed by atoms with E-state index < -0.39 is 16.7 Å². The third kappa shape index (κ3) is 2.00. The maximum Gasteiger partial charge on any atom is 0.432 e. The molecule has 0 amide bonds. The number of rotatable bonds is 2. The highest BCUT2D eigenvalue weighted by Gasteiger charge is 2.35. The summed E-state index contributed by atoms with van der Waals surface area (Å²) in [6.07, 6.45) is -3.22. The molecule has 13 heavy (non-hydrogen) atoms. The fourth-order valence-electron chi connectivity index (χ4n) is 0.854. The Morgan fingerprint density at radius 2 is 2.23 bits per heavy atom. The lowest BCUT2D eigenvalue weighted by Gasteiger charge is -2.07. The number of hydrogen-bond acceptors (Lipinski definition) is 2. The molecule has 6 heteroatoms. The molecule has 0 spiro atoms. The summed E-state index contributed by atoms with van der Waals surface area (Å²) in [5, 5.41) is 0.811. The number of allylic oxidation sites excluding steroid dienone is 1. The highest BCUT2D eigenvalue weighted by atomic mass is 32.1. The van der Waals surface area contributed by atoms with Gasteiger partial charge >= 0.3 is 11.0 Å². The van der Waals surface area contributed by atoms with Crippen LogP contribution in [0.15, 0.2) is 22.8 Å². The van der Waals surface area contributed by atoms with Crippen molar-refractivity contribution in [2.75, 3.05) is 0 Å². The highest BCUT2D eigenvalue weighted by molar-refractivity contribution is 7.07. The Morgan fingerprint density at radius 3 is 2.69 bits per heavy atom. The predicted molar refractivity (Wildman–Crippen MR) is 43.8 cm³/mol. The summed E-state index contributed by atoms with van der Waals surface area (Å²) in [5.74, 6) is 0. The van der Waals surface area contributed by atoms with Crippen molar-refractivity contribution < 1.29 is 13.2 Å². The van der Waals surface area contributed by atoms with Crippen LogP contribution in [0.3, 0.4) is 0 Å². The van der Waals surface area contributed by atoms with Gasteiger partial charge in [-0.25, -0.2) is 0 Å². The van der Waals surface area contributed by atoms with Crippen LogP contribution in [-0.2, 0) is 12.7 Å². The van der Waals surface area contributed by atoms with E-state index >= 15 is 0 Å². The number of thiazole rings is 1. The van der Waals surface area contributed by atoms with Gasteiger partial charge in [-0.1, -0.05) is 17.4 Å². The Balaban J connectivity index is 3.22. The summed E-state index contributed by atoms with van der Waals surface area (Å²) in [5.41, 5.74) is -0.914. The summed E-state index contributed by atoms with van der Waals surface area (Å²) in [4.78, 5) is 10.3. The first-order chi connectivity index (χ1) is 5.96. The van der Waals surface area contributed by atoms with Crippen LogP contribution in [0.5, 0.6) is 0 Å². The van der Waals surface area contributed by atoms with Crippen molar-refractivity contribution >= 4 is 11.3 Å². The number of alkyl halides is 3. The summed E-state index contributed by atoms with van der Waals surface area (Å²) in [6, 6.07) is 0. The fourth-order valence-corrected chi connectivity index (χ4v) is 1.63. The molecule has 1 heterocycles. The molecular weight excluding hydrogens is 203 g/mol. The number of aromatic nitrogens is 1. The van der Waals surface area contributed by atoms with Crippen LogP contribution >= 0.6 is 11.3 Å². The van der Waals surface area contributed by atoms with Crippen molar-refractivity contribution in [3.63, 3.8) is 0 Å². The molecule has 0 bridgehead atoms. The summed E-state index contributed by atoms with van der Waals surface area (Å²) in [7, 11) is 0. The number of nitrogens with zero attached hydrogens (tertiary/aromatic N) is 1. The fraction of sp³-hybridized carbons (Fsp3) is 0.286. The Kier molecular flexibility index (Phi) is 2.60. The van der Waals surface area contributed by atoms with Crippen molar-refractivity contribution in [1.82, 2.24) is 4.57 Å². The van der Waals surface area contributed by atoms with Crippen molar-refractivity contribution in [2.24, 2.45) is 0 Å². The van der Waals surface area contributed by atoms with E-state index in [1.807, 2.05) is 0 Å². The molecular formula is C7H6F3NOS. The molecule has 0 unspecified atom stereocenters. The van der Waals surface area contributed by atoms with Gasteiger partial charge in [-0.15, -0.1) is 6.58 Å². The van der Waals surface area contributed by atoms with Gasteiger partial charge in [0.2, 0.25) is 0 Å². The number of halogens is 3. The quantitative estimate of drug-likeness (QED) is 0.684. The van der Waals surface area contributed by atoms with Crippen LogP contribution < -0.4 is 4.87 Å². The lowest BCUT2D eigenvalue weighted by atomic mass is 10.4. The summed E-state index contributed by atoms with van der Waals surface area (Å²) in [6.45, 7) is 3.16. The molecule has 2 nitrogen and oxygen atoms in total. The minimum absolute atomic E-state index is 0.114. The van der Waals surface area contributed by atoms with Gasteiger partial charge in [-0.3, -0.25) is 9.36 Å². The first-order valence-electron chi connectivity index (χ1n) is 3.33. The molecule has 0 radical (unpaired) electrons. The van der Waals surface area contributed by atoms with Crippen LogP contribution in [0.25, 0.3) is 0 Å². The minimum Gasteiger partial charge on any atom is -0.291 e. The molecule has 0 aliphatic carbocycles. The molecule has 0 atom stereocenters. The maximum atomic E-state index is 12.2. The third-order valence-corrected chi connectivity index (χ3v) is 2.15. The third-order valence-electron chi connectivity index (χ3n) is 1.38. The topological polar surface area (TPSA) is 22.0 Å². The van der Waals surface area contributed by atoms with Gasteiger partial charge in [0.25, 0.3) is 0 Å². The SMILES string of the molecule is C=CCn1c(C(F)(F)F)csc1=O. The zero-order chi connectivity index (χ0) is 10.1. The van der Waals surface area contributed by atoms with E-state index in [9.17, 15) is 18.0 Å². The van der Waals surface area contributed by atoms with E-state index in [1.54, 1.807) is 0 Å². The Hall–Kier alpha value is -1.04. The van der Waals surface area contributed by atoms with Gasteiger partial charge in [-0.2, -0.15) is 13.2 Å². The largest absolute Gasteiger partial charge is 0.432 e. The van der Waals surface area contributed by atoms with E-state index in [-0.39, 0.29) is 6.54 Å². The van der Waals surface area contributed by atoms with Crippen LogP contribution in [0.4, 0.5) is 13.2 Å². The molecule has 1 rings (SSSR count). The van der Waals surface area contributed by atoms with Gasteiger partial charge in [0, 0.05) is 11.9 Å². The second kappa shape index (κ2) is 3.37. The molecule has 0 aliphatic heterocycles. The van der Waals surface area contributed by atoms with Crippen molar-refractivity contribution in [1.29, 1.82) is 0 Å². The Morgan fingerprint density at radius 1 is 1.62 bits per heavy atom. The van der Waals surface area contributed by atoms with E-state index in [0.717, 1.165) is 5.38 Å². The first-order valence-corrected chi connectivity index (χ1v) is 4.21. The van der Waals surface area contributed by atoms with Gasteiger partial charge in [0.1, 0.15) is 5.69 Å². The maximum absolute atomic E-state index is 12.2. The minimum atomic E-state index is -4.47. The molecule has 0 saturated carbocycles. The van der Waals surface area contributed by atoms with Crippen LogP contribution in [-0.4, -0.2) is 4.57 Å². The van der Waals surface area contributed by atoms with Crippen LogP contribution in [0.2, 0.25) is 0 Å². The number of hydrogen-bond donors (Lipinski definition) is 0. The van der Waals surface area contributed by atoms with E-state index in [0.29, 0.717) is 15.9 Å². The second-order valence-electron chi connectivity index (χ2n) is 2.28. The lowest BCUT2D eigenvalue weighted by Crippen LogP contribution is -2.20. The summed E-state index contributed by atoms with van der Waals surface area (Å²) < 4.78 is 37.2. The van der Waals surface area contributed by atoms with Crippen molar-refractivity contribution in [3.05, 3.63) is 33.4 Å². The van der Waals surface area contributed by atoms with E-state index in [4.69, 9.17) is 0 Å². The first kappa shape index (κ1) is 10.0. The van der Waals surface area contributed by atoms with Crippen LogP contribution in [0, 0.1) is 0 Å². The Labute approximate surface area is 75.9 Å². The lowest BCUT2D eigenvalue weighted by molar-refractivity contribution is -0.143. The molecule has 0 saturated heterocycles. The van der Waals surface area contributed by atoms with Crippen molar-refractivity contribution in [3.8, 4) is 0 Å². The molecule has 0 aromatic carbocycles. The highest BCUT2D eigenvalue weighted by Crippen LogP contribution is 2.29. The molecule has 0 aliphatic rings. The van der Waals surface area contributed by atoms with Crippen molar-refractivity contribution in [2.45, 2.75) is 12.7 Å².